The first kappa shape index (κ1) is 31.1. The van der Waals surface area contributed by atoms with E-state index >= 15 is 0 Å². The van der Waals surface area contributed by atoms with E-state index < -0.39 is 0 Å². The van der Waals surface area contributed by atoms with Crippen LogP contribution < -0.4 is 15.8 Å². The molecule has 39 heavy (non-hydrogen) atoms. The number of anilines is 1. The number of hydrogen-bond donors (Lipinski definition) is 3. The molecule has 3 aromatic carbocycles. The molecule has 0 saturated carbocycles. The second kappa shape index (κ2) is 16.6. The van der Waals surface area contributed by atoms with Crippen LogP contribution in [0.15, 0.2) is 84.9 Å². The normalized spacial score (nSPS) is 11.3. The molecule has 4 N–H and O–H groups in total. The first-order valence-electron chi connectivity index (χ1n) is 13.4. The fourth-order valence-electron chi connectivity index (χ4n) is 3.99. The number of ether oxygens (including phenoxy) is 1. The van der Waals surface area contributed by atoms with E-state index in [0.717, 1.165) is 28.9 Å². The maximum atomic E-state index is 11.5. The predicted octanol–water partition coefficient (Wildman–Crippen LogP) is 6.27. The fraction of sp³-hybridized carbons (Fsp3) is 0.273. The van der Waals surface area contributed by atoms with Crippen molar-refractivity contribution in [3.8, 4) is 5.75 Å². The second-order valence-electron chi connectivity index (χ2n) is 8.77. The Morgan fingerprint density at radius 2 is 1.64 bits per heavy atom. The standard InChI is InChI=1S/C31H36N4O2.C2H6/c1-4-28(23-9-6-5-7-10-23)31(25-14-17-29(33)26(21-25)22-32)24-12-15-27(16-13-24)37-20-19-34-18-8-11-30(36)35(2)3;1-2/h5-17,21-22,32,34H,4,18-20,33H2,1-3H3;1-2H3/b11-8+,31-28+,32-22?;. The summed E-state index contributed by atoms with van der Waals surface area (Å²) in [5.41, 5.74) is 13.0. The molecule has 0 atom stereocenters. The minimum Gasteiger partial charge on any atom is -0.492 e. The minimum atomic E-state index is -0.0296. The molecule has 0 aromatic heterocycles. The number of nitrogens with zero attached hydrogens (tertiary/aromatic N) is 1. The number of hydrogen-bond acceptors (Lipinski definition) is 5. The van der Waals surface area contributed by atoms with E-state index in [2.05, 4.69) is 48.6 Å². The van der Waals surface area contributed by atoms with Crippen LogP contribution in [-0.2, 0) is 4.79 Å². The van der Waals surface area contributed by atoms with Gasteiger partial charge in [-0.1, -0.05) is 75.4 Å². The van der Waals surface area contributed by atoms with Crippen molar-refractivity contribution in [2.45, 2.75) is 27.2 Å². The van der Waals surface area contributed by atoms with Crippen LogP contribution in [0.3, 0.4) is 0 Å². The Labute approximate surface area is 233 Å². The van der Waals surface area contributed by atoms with Gasteiger partial charge in [0.2, 0.25) is 5.91 Å². The summed E-state index contributed by atoms with van der Waals surface area (Å²) < 4.78 is 5.91. The molecular formula is C33H42N4O2. The third-order valence-electron chi connectivity index (χ3n) is 5.96. The van der Waals surface area contributed by atoms with Crippen molar-refractivity contribution in [1.29, 1.82) is 5.41 Å². The number of carbonyl (C=O) groups is 1. The van der Waals surface area contributed by atoms with E-state index in [1.165, 1.54) is 22.3 Å². The lowest BCUT2D eigenvalue weighted by Gasteiger charge is -2.18. The van der Waals surface area contributed by atoms with Crippen LogP contribution in [0.4, 0.5) is 5.69 Å². The molecule has 0 fully saturated rings. The van der Waals surface area contributed by atoms with Crippen molar-refractivity contribution in [3.05, 3.63) is 107 Å². The molecule has 0 aliphatic rings. The van der Waals surface area contributed by atoms with Gasteiger partial charge in [-0.05, 0) is 58.5 Å². The second-order valence-corrected chi connectivity index (χ2v) is 8.77. The SMILES string of the molecule is CC.CC/C(=C(/c1ccc(OCCNC/C=C/C(=O)N(C)C)cc1)c1ccc(N)c(C=N)c1)c1ccccc1. The summed E-state index contributed by atoms with van der Waals surface area (Å²) in [7, 11) is 3.46. The van der Waals surface area contributed by atoms with E-state index in [1.54, 1.807) is 20.2 Å². The highest BCUT2D eigenvalue weighted by Gasteiger charge is 2.14. The zero-order chi connectivity index (χ0) is 28.6. The smallest absolute Gasteiger partial charge is 0.245 e. The Kier molecular flexibility index (Phi) is 13.2. The Morgan fingerprint density at radius 3 is 2.26 bits per heavy atom. The monoisotopic (exact) mass is 526 g/mol. The molecule has 0 unspecified atom stereocenters. The Hall–Kier alpha value is -4.16. The zero-order valence-corrected chi connectivity index (χ0v) is 23.8. The molecule has 0 heterocycles. The summed E-state index contributed by atoms with van der Waals surface area (Å²) in [4.78, 5) is 13.1. The lowest BCUT2D eigenvalue weighted by molar-refractivity contribution is -0.123. The topological polar surface area (TPSA) is 91.4 Å². The number of rotatable bonds is 12. The third-order valence-corrected chi connectivity index (χ3v) is 5.96. The number of carbonyl (C=O) groups excluding carboxylic acids is 1. The van der Waals surface area contributed by atoms with Gasteiger partial charge in [0, 0.05) is 50.7 Å². The number of nitrogens with two attached hydrogens (primary N) is 1. The van der Waals surface area contributed by atoms with Crippen molar-refractivity contribution in [3.63, 3.8) is 0 Å². The molecule has 6 nitrogen and oxygen atoms in total. The molecule has 206 valence electrons. The number of nitrogen functional groups attached to an aromatic ring is 1. The molecule has 0 bridgehead atoms. The summed E-state index contributed by atoms with van der Waals surface area (Å²) in [5.74, 6) is 0.761. The number of benzene rings is 3. The van der Waals surface area contributed by atoms with Crippen molar-refractivity contribution in [2.24, 2.45) is 0 Å². The van der Waals surface area contributed by atoms with Gasteiger partial charge in [-0.15, -0.1) is 0 Å². The lowest BCUT2D eigenvalue weighted by atomic mass is 9.87. The highest BCUT2D eigenvalue weighted by atomic mass is 16.5. The van der Waals surface area contributed by atoms with Gasteiger partial charge in [0.15, 0.2) is 0 Å². The summed E-state index contributed by atoms with van der Waals surface area (Å²) in [6.45, 7) is 7.95. The third kappa shape index (κ3) is 9.27. The number of amides is 1. The summed E-state index contributed by atoms with van der Waals surface area (Å²) in [6, 6.07) is 24.4. The van der Waals surface area contributed by atoms with Gasteiger partial charge in [0.25, 0.3) is 0 Å². The molecule has 6 heteroatoms. The molecule has 3 rings (SSSR count). The van der Waals surface area contributed by atoms with E-state index in [9.17, 15) is 4.79 Å². The van der Waals surface area contributed by atoms with E-state index in [0.29, 0.717) is 30.9 Å². The van der Waals surface area contributed by atoms with Crippen LogP contribution in [0.1, 0.15) is 49.4 Å². The highest BCUT2D eigenvalue weighted by molar-refractivity contribution is 6.00. The maximum Gasteiger partial charge on any atom is 0.245 e. The Balaban J connectivity index is 0.00000260. The van der Waals surface area contributed by atoms with Crippen molar-refractivity contribution >= 4 is 29.0 Å². The van der Waals surface area contributed by atoms with Gasteiger partial charge in [-0.25, -0.2) is 0 Å². The van der Waals surface area contributed by atoms with Gasteiger partial charge in [-0.3, -0.25) is 4.79 Å². The Bertz CT molecular complexity index is 1250. The molecule has 0 saturated heterocycles. The largest absolute Gasteiger partial charge is 0.492 e. The molecular weight excluding hydrogens is 484 g/mol. The minimum absolute atomic E-state index is 0.0296. The van der Waals surface area contributed by atoms with Crippen LogP contribution in [0, 0.1) is 5.41 Å². The van der Waals surface area contributed by atoms with E-state index in [-0.39, 0.29) is 5.91 Å². The molecule has 0 aliphatic carbocycles. The average molecular weight is 527 g/mol. The predicted molar refractivity (Wildman–Crippen MR) is 165 cm³/mol. The number of likely N-dealkylation sites (N-methyl/N-ethyl adjacent to an activating group) is 1. The number of nitrogens with one attached hydrogen (secondary N) is 2. The molecule has 1 amide bonds. The van der Waals surface area contributed by atoms with Crippen LogP contribution in [0.2, 0.25) is 0 Å². The maximum absolute atomic E-state index is 11.5. The van der Waals surface area contributed by atoms with E-state index in [1.807, 2.05) is 56.3 Å². The number of allylic oxidation sites excluding steroid dienone is 1. The van der Waals surface area contributed by atoms with Gasteiger partial charge in [0.1, 0.15) is 12.4 Å². The van der Waals surface area contributed by atoms with Gasteiger partial charge in [-0.2, -0.15) is 0 Å². The summed E-state index contributed by atoms with van der Waals surface area (Å²) in [6.07, 6.45) is 5.52. The van der Waals surface area contributed by atoms with Gasteiger partial charge in [0.05, 0.1) is 0 Å². The van der Waals surface area contributed by atoms with Crippen molar-refractivity contribution in [2.75, 3.05) is 39.5 Å². The van der Waals surface area contributed by atoms with Gasteiger partial charge >= 0.3 is 0 Å². The van der Waals surface area contributed by atoms with Crippen LogP contribution in [-0.4, -0.2) is 50.8 Å². The van der Waals surface area contributed by atoms with E-state index in [4.69, 9.17) is 15.9 Å². The van der Waals surface area contributed by atoms with Gasteiger partial charge < -0.3 is 26.1 Å². The fourth-order valence-corrected chi connectivity index (χ4v) is 3.99. The molecule has 0 aliphatic heterocycles. The Morgan fingerprint density at radius 1 is 0.974 bits per heavy atom. The zero-order valence-electron chi connectivity index (χ0n) is 23.8. The quantitative estimate of drug-likeness (QED) is 0.0852. The highest BCUT2D eigenvalue weighted by Crippen LogP contribution is 2.35. The summed E-state index contributed by atoms with van der Waals surface area (Å²) >= 11 is 0. The van der Waals surface area contributed by atoms with Crippen LogP contribution in [0.5, 0.6) is 5.75 Å². The first-order valence-corrected chi connectivity index (χ1v) is 13.4. The molecule has 0 radical (unpaired) electrons. The summed E-state index contributed by atoms with van der Waals surface area (Å²) in [5, 5.41) is 11.0. The first-order chi connectivity index (χ1) is 18.9. The molecule has 0 spiro atoms. The van der Waals surface area contributed by atoms with Crippen molar-refractivity contribution in [1.82, 2.24) is 10.2 Å². The molecule has 3 aromatic rings. The average Bonchev–Trinajstić information content (AvgIpc) is 2.97. The van der Waals surface area contributed by atoms with Crippen LogP contribution in [0.25, 0.3) is 11.1 Å². The lowest BCUT2D eigenvalue weighted by Crippen LogP contribution is -2.22. The van der Waals surface area contributed by atoms with Crippen molar-refractivity contribution < 1.29 is 9.53 Å². The van der Waals surface area contributed by atoms with Crippen LogP contribution >= 0.6 is 0 Å².